The van der Waals surface area contributed by atoms with E-state index in [4.69, 9.17) is 15.2 Å². The zero-order valence-corrected chi connectivity index (χ0v) is 12.5. The molecule has 0 radical (unpaired) electrons. The maximum atomic E-state index is 12.1. The van der Waals surface area contributed by atoms with Gasteiger partial charge in [0.15, 0.2) is 0 Å². The fraction of sp³-hybridized carbons (Fsp3) is 0.562. The Hall–Kier alpha value is -1.55. The van der Waals surface area contributed by atoms with Gasteiger partial charge in [0.2, 0.25) is 0 Å². The van der Waals surface area contributed by atoms with Gasteiger partial charge in [0, 0.05) is 6.04 Å². The van der Waals surface area contributed by atoms with Crippen LogP contribution < -0.4 is 10.5 Å². The molecule has 0 aliphatic heterocycles. The molecule has 0 spiro atoms. The number of esters is 1. The second-order valence-electron chi connectivity index (χ2n) is 5.37. The van der Waals surface area contributed by atoms with Crippen LogP contribution in [0, 0.1) is 6.92 Å². The summed E-state index contributed by atoms with van der Waals surface area (Å²) in [6.07, 6.45) is 3.03. The summed E-state index contributed by atoms with van der Waals surface area (Å²) in [5, 5.41) is 0. The summed E-state index contributed by atoms with van der Waals surface area (Å²) in [5.41, 5.74) is 9.90. The Morgan fingerprint density at radius 1 is 1.40 bits per heavy atom. The number of nitrogens with two attached hydrogens (primary N) is 1. The van der Waals surface area contributed by atoms with Crippen molar-refractivity contribution in [3.05, 3.63) is 28.3 Å². The second kappa shape index (κ2) is 6.27. The van der Waals surface area contributed by atoms with Crippen LogP contribution in [0.4, 0.5) is 0 Å². The zero-order chi connectivity index (χ0) is 14.7. The molecule has 1 aliphatic rings. The minimum absolute atomic E-state index is 0.0336. The predicted molar refractivity (Wildman–Crippen MR) is 78.3 cm³/mol. The van der Waals surface area contributed by atoms with Crippen molar-refractivity contribution in [1.29, 1.82) is 0 Å². The van der Waals surface area contributed by atoms with E-state index in [1.807, 2.05) is 19.9 Å². The molecule has 2 rings (SSSR count). The molecule has 0 unspecified atom stereocenters. The van der Waals surface area contributed by atoms with Crippen LogP contribution in [0.2, 0.25) is 0 Å². The Bertz CT molecular complexity index is 509. The van der Waals surface area contributed by atoms with Crippen LogP contribution >= 0.6 is 0 Å². The average molecular weight is 277 g/mol. The number of benzene rings is 1. The molecule has 1 aromatic rings. The molecule has 4 nitrogen and oxygen atoms in total. The van der Waals surface area contributed by atoms with Crippen molar-refractivity contribution in [2.24, 2.45) is 5.73 Å². The standard InChI is InChI=1S/C16H23NO3/c1-4-19-16(18)14-8-15(20-9-10(2)17)11(3)12-6-5-7-13(12)14/h8,10H,4-7,9,17H2,1-3H3/t10-/m0/s1. The normalized spacial score (nSPS) is 14.8. The van der Waals surface area contributed by atoms with Gasteiger partial charge in [0.05, 0.1) is 12.2 Å². The first kappa shape index (κ1) is 14.9. The van der Waals surface area contributed by atoms with Crippen molar-refractivity contribution < 1.29 is 14.3 Å². The van der Waals surface area contributed by atoms with Crippen molar-refractivity contribution in [2.45, 2.75) is 46.1 Å². The number of ether oxygens (including phenoxy) is 2. The highest BCUT2D eigenvalue weighted by molar-refractivity contribution is 5.92. The molecule has 0 heterocycles. The van der Waals surface area contributed by atoms with Crippen LogP contribution in [0.5, 0.6) is 5.75 Å². The molecule has 1 atom stereocenters. The highest BCUT2D eigenvalue weighted by Crippen LogP contribution is 2.35. The molecule has 0 saturated carbocycles. The first-order valence-corrected chi connectivity index (χ1v) is 7.25. The maximum absolute atomic E-state index is 12.1. The largest absolute Gasteiger partial charge is 0.492 e. The van der Waals surface area contributed by atoms with E-state index in [0.29, 0.717) is 18.8 Å². The lowest BCUT2D eigenvalue weighted by Gasteiger charge is -2.17. The van der Waals surface area contributed by atoms with E-state index in [1.165, 1.54) is 5.56 Å². The third kappa shape index (κ3) is 2.96. The monoisotopic (exact) mass is 277 g/mol. The lowest BCUT2D eigenvalue weighted by molar-refractivity contribution is 0.0524. The van der Waals surface area contributed by atoms with Crippen molar-refractivity contribution >= 4 is 5.97 Å². The van der Waals surface area contributed by atoms with Gasteiger partial charge in [0.1, 0.15) is 12.4 Å². The third-order valence-electron chi connectivity index (χ3n) is 3.64. The molecule has 4 heteroatoms. The van der Waals surface area contributed by atoms with Gasteiger partial charge in [0.25, 0.3) is 0 Å². The van der Waals surface area contributed by atoms with Crippen molar-refractivity contribution in [3.63, 3.8) is 0 Å². The molecule has 1 aliphatic carbocycles. The maximum Gasteiger partial charge on any atom is 0.338 e. The Labute approximate surface area is 120 Å². The predicted octanol–water partition coefficient (Wildman–Crippen LogP) is 2.39. The molecular weight excluding hydrogens is 254 g/mol. The highest BCUT2D eigenvalue weighted by atomic mass is 16.5. The number of fused-ring (bicyclic) bond motifs is 1. The van der Waals surface area contributed by atoms with Gasteiger partial charge >= 0.3 is 5.97 Å². The Morgan fingerprint density at radius 3 is 2.75 bits per heavy atom. The highest BCUT2D eigenvalue weighted by Gasteiger charge is 2.24. The zero-order valence-electron chi connectivity index (χ0n) is 12.5. The first-order valence-electron chi connectivity index (χ1n) is 7.25. The summed E-state index contributed by atoms with van der Waals surface area (Å²) in [5.74, 6) is 0.502. The average Bonchev–Trinajstić information content (AvgIpc) is 2.87. The molecule has 0 saturated heterocycles. The Kier molecular flexibility index (Phi) is 4.65. The molecule has 0 bridgehead atoms. The molecule has 0 amide bonds. The van der Waals surface area contributed by atoms with Gasteiger partial charge in [-0.3, -0.25) is 0 Å². The molecule has 0 fully saturated rings. The van der Waals surface area contributed by atoms with Gasteiger partial charge in [-0.2, -0.15) is 0 Å². The number of hydrogen-bond donors (Lipinski definition) is 1. The topological polar surface area (TPSA) is 61.5 Å². The summed E-state index contributed by atoms with van der Waals surface area (Å²) < 4.78 is 10.9. The molecule has 0 aromatic heterocycles. The van der Waals surface area contributed by atoms with Crippen molar-refractivity contribution in [3.8, 4) is 5.75 Å². The molecular formula is C16H23NO3. The molecule has 20 heavy (non-hydrogen) atoms. The first-order chi connectivity index (χ1) is 9.54. The van der Waals surface area contributed by atoms with Gasteiger partial charge in [-0.15, -0.1) is 0 Å². The number of carbonyl (C=O) groups excluding carboxylic acids is 1. The molecule has 2 N–H and O–H groups in total. The van der Waals surface area contributed by atoms with E-state index in [1.54, 1.807) is 0 Å². The third-order valence-corrected chi connectivity index (χ3v) is 3.64. The molecule has 110 valence electrons. The van der Waals surface area contributed by atoms with E-state index in [9.17, 15) is 4.79 Å². The SMILES string of the molecule is CCOC(=O)c1cc(OC[C@H](C)N)c(C)c2c1CCC2. The summed E-state index contributed by atoms with van der Waals surface area (Å²) in [4.78, 5) is 12.1. The smallest absolute Gasteiger partial charge is 0.338 e. The van der Waals surface area contributed by atoms with Gasteiger partial charge in [-0.25, -0.2) is 4.79 Å². The van der Waals surface area contributed by atoms with Crippen LogP contribution in [0.1, 0.15) is 47.3 Å². The Morgan fingerprint density at radius 2 is 2.10 bits per heavy atom. The van der Waals surface area contributed by atoms with Crippen LogP contribution in [0.3, 0.4) is 0 Å². The van der Waals surface area contributed by atoms with E-state index in [0.717, 1.165) is 36.1 Å². The number of hydrogen-bond acceptors (Lipinski definition) is 4. The summed E-state index contributed by atoms with van der Waals surface area (Å²) in [6, 6.07) is 1.79. The quantitative estimate of drug-likeness (QED) is 0.839. The van der Waals surface area contributed by atoms with Gasteiger partial charge in [-0.05, 0) is 62.8 Å². The van der Waals surface area contributed by atoms with Crippen molar-refractivity contribution in [1.82, 2.24) is 0 Å². The van der Waals surface area contributed by atoms with Crippen LogP contribution in [0.15, 0.2) is 6.07 Å². The van der Waals surface area contributed by atoms with Crippen LogP contribution in [-0.2, 0) is 17.6 Å². The molecule has 1 aromatic carbocycles. The summed E-state index contributed by atoms with van der Waals surface area (Å²) in [6.45, 7) is 6.60. The van der Waals surface area contributed by atoms with Gasteiger partial charge < -0.3 is 15.2 Å². The summed E-state index contributed by atoms with van der Waals surface area (Å²) in [7, 11) is 0. The minimum Gasteiger partial charge on any atom is -0.492 e. The van der Waals surface area contributed by atoms with E-state index in [2.05, 4.69) is 6.92 Å². The fourth-order valence-electron chi connectivity index (χ4n) is 2.69. The minimum atomic E-state index is -0.253. The van der Waals surface area contributed by atoms with Gasteiger partial charge in [-0.1, -0.05) is 0 Å². The van der Waals surface area contributed by atoms with E-state index < -0.39 is 0 Å². The van der Waals surface area contributed by atoms with E-state index >= 15 is 0 Å². The lowest BCUT2D eigenvalue weighted by Crippen LogP contribution is -2.24. The number of carbonyl (C=O) groups is 1. The van der Waals surface area contributed by atoms with E-state index in [-0.39, 0.29) is 12.0 Å². The Balaban J connectivity index is 2.38. The summed E-state index contributed by atoms with van der Waals surface area (Å²) >= 11 is 0. The fourth-order valence-corrected chi connectivity index (χ4v) is 2.69. The van der Waals surface area contributed by atoms with Crippen molar-refractivity contribution in [2.75, 3.05) is 13.2 Å². The lowest BCUT2D eigenvalue weighted by atomic mass is 9.98. The van der Waals surface area contributed by atoms with Crippen LogP contribution in [-0.4, -0.2) is 25.2 Å². The van der Waals surface area contributed by atoms with Crippen LogP contribution in [0.25, 0.3) is 0 Å². The second-order valence-corrected chi connectivity index (χ2v) is 5.37. The number of rotatable bonds is 5.